The molecular formula is C14H20N2OS. The van der Waals surface area contributed by atoms with E-state index in [-0.39, 0.29) is 11.9 Å². The van der Waals surface area contributed by atoms with Gasteiger partial charge in [0.05, 0.1) is 5.75 Å². The third-order valence-electron chi connectivity index (χ3n) is 3.04. The van der Waals surface area contributed by atoms with Crippen LogP contribution in [0.2, 0.25) is 0 Å². The molecule has 1 amide bonds. The topological polar surface area (TPSA) is 55.1 Å². The van der Waals surface area contributed by atoms with Crippen LogP contribution in [0.5, 0.6) is 0 Å². The van der Waals surface area contributed by atoms with Gasteiger partial charge in [-0.1, -0.05) is 12.1 Å². The summed E-state index contributed by atoms with van der Waals surface area (Å²) in [5, 5.41) is 2.97. The highest BCUT2D eigenvalue weighted by molar-refractivity contribution is 8.00. The van der Waals surface area contributed by atoms with E-state index >= 15 is 0 Å². The van der Waals surface area contributed by atoms with Crippen LogP contribution in [0.4, 0.5) is 0 Å². The molecule has 0 saturated heterocycles. The zero-order valence-electron chi connectivity index (χ0n) is 10.7. The fraction of sp³-hybridized carbons (Fsp3) is 0.500. The molecule has 1 atom stereocenters. The number of rotatable bonds is 6. The molecule has 4 heteroatoms. The van der Waals surface area contributed by atoms with Crippen LogP contribution in [-0.4, -0.2) is 18.2 Å². The van der Waals surface area contributed by atoms with Gasteiger partial charge in [0.25, 0.3) is 0 Å². The molecule has 0 radical (unpaired) electrons. The SMILES string of the molecule is CC(N)c1cccc(SCC(=O)NCC2CC2)c1. The summed E-state index contributed by atoms with van der Waals surface area (Å²) in [6.45, 7) is 2.81. The molecule has 3 N–H and O–H groups in total. The maximum Gasteiger partial charge on any atom is 0.230 e. The van der Waals surface area contributed by atoms with E-state index in [1.807, 2.05) is 25.1 Å². The van der Waals surface area contributed by atoms with Crippen LogP contribution in [0.15, 0.2) is 29.2 Å². The second-order valence-corrected chi connectivity index (χ2v) is 5.95. The predicted molar refractivity (Wildman–Crippen MR) is 75.5 cm³/mol. The van der Waals surface area contributed by atoms with E-state index in [0.29, 0.717) is 5.75 Å². The molecule has 1 aromatic carbocycles. The molecule has 1 fully saturated rings. The number of hydrogen-bond acceptors (Lipinski definition) is 3. The Morgan fingerprint density at radius 1 is 1.56 bits per heavy atom. The third-order valence-corrected chi connectivity index (χ3v) is 4.03. The van der Waals surface area contributed by atoms with Gasteiger partial charge in [0.1, 0.15) is 0 Å². The fourth-order valence-corrected chi connectivity index (χ4v) is 2.46. The van der Waals surface area contributed by atoms with Gasteiger partial charge in [-0.3, -0.25) is 4.79 Å². The van der Waals surface area contributed by atoms with Crippen LogP contribution >= 0.6 is 11.8 Å². The molecule has 1 aromatic rings. The van der Waals surface area contributed by atoms with Crippen molar-refractivity contribution in [2.75, 3.05) is 12.3 Å². The summed E-state index contributed by atoms with van der Waals surface area (Å²) >= 11 is 1.56. The summed E-state index contributed by atoms with van der Waals surface area (Å²) in [6, 6.07) is 8.12. The minimum atomic E-state index is 0.0363. The van der Waals surface area contributed by atoms with Gasteiger partial charge in [-0.2, -0.15) is 0 Å². The smallest absolute Gasteiger partial charge is 0.230 e. The molecule has 18 heavy (non-hydrogen) atoms. The summed E-state index contributed by atoms with van der Waals surface area (Å²) in [4.78, 5) is 12.7. The van der Waals surface area contributed by atoms with Gasteiger partial charge < -0.3 is 11.1 Å². The van der Waals surface area contributed by atoms with Gasteiger partial charge in [0, 0.05) is 17.5 Å². The van der Waals surface area contributed by atoms with Crippen LogP contribution < -0.4 is 11.1 Å². The van der Waals surface area contributed by atoms with E-state index in [0.717, 1.165) is 22.9 Å². The van der Waals surface area contributed by atoms with Crippen LogP contribution in [0.3, 0.4) is 0 Å². The second kappa shape index (κ2) is 6.25. The van der Waals surface area contributed by atoms with E-state index in [4.69, 9.17) is 5.73 Å². The van der Waals surface area contributed by atoms with Crippen molar-refractivity contribution >= 4 is 17.7 Å². The Kier molecular flexibility index (Phi) is 4.66. The molecule has 2 rings (SSSR count). The Hall–Kier alpha value is -1.00. The maximum absolute atomic E-state index is 11.6. The molecule has 0 spiro atoms. The molecule has 98 valence electrons. The van der Waals surface area contributed by atoms with E-state index < -0.39 is 0 Å². The lowest BCUT2D eigenvalue weighted by Crippen LogP contribution is -2.27. The molecule has 0 aliphatic heterocycles. The highest BCUT2D eigenvalue weighted by Crippen LogP contribution is 2.27. The van der Waals surface area contributed by atoms with Crippen molar-refractivity contribution in [3.8, 4) is 0 Å². The standard InChI is InChI=1S/C14H20N2OS/c1-10(15)12-3-2-4-13(7-12)18-9-14(17)16-8-11-5-6-11/h2-4,7,10-11H,5-6,8-9,15H2,1H3,(H,16,17). The van der Waals surface area contributed by atoms with Crippen molar-refractivity contribution in [1.82, 2.24) is 5.32 Å². The lowest BCUT2D eigenvalue weighted by atomic mass is 10.1. The van der Waals surface area contributed by atoms with E-state index in [1.54, 1.807) is 11.8 Å². The first-order valence-electron chi connectivity index (χ1n) is 6.40. The quantitative estimate of drug-likeness (QED) is 0.775. The number of nitrogens with one attached hydrogen (secondary N) is 1. The summed E-state index contributed by atoms with van der Waals surface area (Å²) in [6.07, 6.45) is 2.54. The minimum Gasteiger partial charge on any atom is -0.355 e. The number of carbonyl (C=O) groups excluding carboxylic acids is 1. The number of nitrogens with two attached hydrogens (primary N) is 1. The first-order chi connectivity index (χ1) is 8.65. The fourth-order valence-electron chi connectivity index (χ4n) is 1.67. The maximum atomic E-state index is 11.6. The van der Waals surface area contributed by atoms with Crippen molar-refractivity contribution in [2.24, 2.45) is 11.7 Å². The van der Waals surface area contributed by atoms with Gasteiger partial charge in [-0.05, 0) is 43.4 Å². The Bertz CT molecular complexity index is 416. The first kappa shape index (κ1) is 13.4. The molecular weight excluding hydrogens is 244 g/mol. The number of carbonyl (C=O) groups is 1. The molecule has 0 bridgehead atoms. The van der Waals surface area contributed by atoms with Crippen molar-refractivity contribution in [3.05, 3.63) is 29.8 Å². The third kappa shape index (κ3) is 4.35. The number of benzene rings is 1. The Labute approximate surface area is 113 Å². The number of thioether (sulfide) groups is 1. The lowest BCUT2D eigenvalue weighted by Gasteiger charge is -2.08. The molecule has 1 saturated carbocycles. The van der Waals surface area contributed by atoms with Crippen LogP contribution in [0.25, 0.3) is 0 Å². The molecule has 1 aliphatic rings. The molecule has 3 nitrogen and oxygen atoms in total. The number of hydrogen-bond donors (Lipinski definition) is 2. The first-order valence-corrected chi connectivity index (χ1v) is 7.39. The Balaban J connectivity index is 1.77. The van der Waals surface area contributed by atoms with Crippen molar-refractivity contribution in [3.63, 3.8) is 0 Å². The van der Waals surface area contributed by atoms with Crippen LogP contribution in [0, 0.1) is 5.92 Å². The van der Waals surface area contributed by atoms with Gasteiger partial charge in [0.15, 0.2) is 0 Å². The van der Waals surface area contributed by atoms with Crippen molar-refractivity contribution < 1.29 is 4.79 Å². The molecule has 1 unspecified atom stereocenters. The average molecular weight is 264 g/mol. The zero-order chi connectivity index (χ0) is 13.0. The molecule has 1 aliphatic carbocycles. The van der Waals surface area contributed by atoms with Gasteiger partial charge in [-0.15, -0.1) is 11.8 Å². The Morgan fingerprint density at radius 3 is 3.00 bits per heavy atom. The largest absolute Gasteiger partial charge is 0.355 e. The van der Waals surface area contributed by atoms with Gasteiger partial charge in [0.2, 0.25) is 5.91 Å². The lowest BCUT2D eigenvalue weighted by molar-refractivity contribution is -0.118. The number of amides is 1. The van der Waals surface area contributed by atoms with Crippen LogP contribution in [-0.2, 0) is 4.79 Å². The van der Waals surface area contributed by atoms with Gasteiger partial charge in [-0.25, -0.2) is 0 Å². The van der Waals surface area contributed by atoms with Gasteiger partial charge >= 0.3 is 0 Å². The highest BCUT2D eigenvalue weighted by Gasteiger charge is 2.21. The summed E-state index contributed by atoms with van der Waals surface area (Å²) in [5.41, 5.74) is 6.95. The predicted octanol–water partition coefficient (Wildman–Crippen LogP) is 2.32. The monoisotopic (exact) mass is 264 g/mol. The van der Waals surface area contributed by atoms with E-state index in [1.165, 1.54) is 12.8 Å². The highest BCUT2D eigenvalue weighted by atomic mass is 32.2. The van der Waals surface area contributed by atoms with Crippen molar-refractivity contribution in [1.29, 1.82) is 0 Å². The zero-order valence-corrected chi connectivity index (χ0v) is 11.5. The average Bonchev–Trinajstić information content (AvgIpc) is 3.18. The Morgan fingerprint density at radius 2 is 2.33 bits per heavy atom. The molecule has 0 heterocycles. The van der Waals surface area contributed by atoms with E-state index in [2.05, 4.69) is 11.4 Å². The minimum absolute atomic E-state index is 0.0363. The van der Waals surface area contributed by atoms with Crippen LogP contribution in [0.1, 0.15) is 31.4 Å². The normalized spacial score (nSPS) is 16.3. The summed E-state index contributed by atoms with van der Waals surface area (Å²) < 4.78 is 0. The van der Waals surface area contributed by atoms with Crippen molar-refractivity contribution in [2.45, 2.75) is 30.7 Å². The second-order valence-electron chi connectivity index (χ2n) is 4.90. The summed E-state index contributed by atoms with van der Waals surface area (Å²) in [7, 11) is 0. The molecule has 0 aromatic heterocycles. The summed E-state index contributed by atoms with van der Waals surface area (Å²) in [5.74, 6) is 1.34. The van der Waals surface area contributed by atoms with E-state index in [9.17, 15) is 4.79 Å².